The Hall–Kier alpha value is -2.29. The zero-order chi connectivity index (χ0) is 12.8. The third kappa shape index (κ3) is 1.62. The van der Waals surface area contributed by atoms with Crippen LogP contribution in [0.4, 0.5) is 0 Å². The molecule has 2 heterocycles. The molecule has 0 aliphatic carbocycles. The van der Waals surface area contributed by atoms with E-state index in [1.165, 1.54) is 16.7 Å². The Morgan fingerprint density at radius 2 is 1.95 bits per heavy atom. The highest BCUT2D eigenvalue weighted by Crippen LogP contribution is 2.31. The third-order valence-electron chi connectivity index (χ3n) is 3.75. The van der Waals surface area contributed by atoms with Crippen molar-refractivity contribution < 1.29 is 4.74 Å². The van der Waals surface area contributed by atoms with Gasteiger partial charge in [0.25, 0.3) is 0 Å². The minimum atomic E-state index is 0.805. The molecule has 0 N–H and O–H groups in total. The van der Waals surface area contributed by atoms with Gasteiger partial charge in [-0.05, 0) is 41.0 Å². The molecule has 3 aromatic rings. The highest BCUT2D eigenvalue weighted by Gasteiger charge is 2.13. The lowest BCUT2D eigenvalue weighted by Crippen LogP contribution is -1.86. The lowest BCUT2D eigenvalue weighted by molar-refractivity contribution is 0.357. The van der Waals surface area contributed by atoms with Crippen molar-refractivity contribution in [2.45, 2.75) is 6.42 Å². The highest BCUT2D eigenvalue weighted by molar-refractivity contribution is 5.82. The molecule has 1 aliphatic rings. The van der Waals surface area contributed by atoms with Crippen molar-refractivity contribution in [1.82, 2.24) is 9.55 Å². The Kier molecular flexibility index (Phi) is 2.15. The molecule has 0 radical (unpaired) electrons. The first kappa shape index (κ1) is 10.6. The molecule has 4 rings (SSSR count). The number of aromatic nitrogens is 2. The number of hydrogen-bond acceptors (Lipinski definition) is 2. The van der Waals surface area contributed by atoms with E-state index in [4.69, 9.17) is 4.74 Å². The average Bonchev–Trinajstić information content (AvgIpc) is 3.05. The van der Waals surface area contributed by atoms with E-state index < -0.39 is 0 Å². The number of aryl methyl sites for hydroxylation is 1. The molecule has 0 saturated carbocycles. The summed E-state index contributed by atoms with van der Waals surface area (Å²) in [4.78, 5) is 4.35. The molecule has 0 fully saturated rings. The van der Waals surface area contributed by atoms with Crippen LogP contribution in [0, 0.1) is 0 Å². The van der Waals surface area contributed by atoms with Crippen molar-refractivity contribution in [2.24, 2.45) is 7.05 Å². The largest absolute Gasteiger partial charge is 0.493 e. The fourth-order valence-electron chi connectivity index (χ4n) is 2.67. The van der Waals surface area contributed by atoms with Crippen LogP contribution < -0.4 is 4.74 Å². The highest BCUT2D eigenvalue weighted by atomic mass is 16.5. The van der Waals surface area contributed by atoms with E-state index in [2.05, 4.69) is 45.9 Å². The summed E-state index contributed by atoms with van der Waals surface area (Å²) < 4.78 is 7.60. The van der Waals surface area contributed by atoms with E-state index in [1.54, 1.807) is 0 Å². The summed E-state index contributed by atoms with van der Waals surface area (Å²) in [6.45, 7) is 0.805. The van der Waals surface area contributed by atoms with Crippen LogP contribution in [0.3, 0.4) is 0 Å². The first-order valence-electron chi connectivity index (χ1n) is 6.48. The van der Waals surface area contributed by atoms with Crippen LogP contribution in [-0.2, 0) is 13.5 Å². The summed E-state index contributed by atoms with van der Waals surface area (Å²) in [5.74, 6) is 1.03. The summed E-state index contributed by atoms with van der Waals surface area (Å²) in [6, 6.07) is 12.8. The van der Waals surface area contributed by atoms with Crippen molar-refractivity contribution in [2.75, 3.05) is 6.61 Å². The predicted molar refractivity (Wildman–Crippen MR) is 75.3 cm³/mol. The second kappa shape index (κ2) is 3.85. The maximum atomic E-state index is 5.55. The number of nitrogens with zero attached hydrogens (tertiary/aromatic N) is 2. The van der Waals surface area contributed by atoms with Crippen LogP contribution in [0.2, 0.25) is 0 Å². The molecular formula is C16H14N2O. The molecule has 0 atom stereocenters. The standard InChI is InChI=1S/C16H14N2O/c1-18-10-17-14-4-2-12(9-15(14)18)11-3-5-16-13(8-11)6-7-19-16/h2-5,8-10H,6-7H2,1H3. The molecule has 0 unspecified atom stereocenters. The molecular weight excluding hydrogens is 236 g/mol. The van der Waals surface area contributed by atoms with Gasteiger partial charge in [0.1, 0.15) is 5.75 Å². The van der Waals surface area contributed by atoms with Crippen molar-refractivity contribution in [3.05, 3.63) is 48.3 Å². The van der Waals surface area contributed by atoms with Crippen molar-refractivity contribution in [3.63, 3.8) is 0 Å². The molecule has 2 aromatic carbocycles. The average molecular weight is 250 g/mol. The van der Waals surface area contributed by atoms with Gasteiger partial charge in [-0.15, -0.1) is 0 Å². The first-order valence-corrected chi connectivity index (χ1v) is 6.48. The minimum absolute atomic E-state index is 0.805. The van der Waals surface area contributed by atoms with Gasteiger partial charge in [-0.25, -0.2) is 4.98 Å². The molecule has 1 aromatic heterocycles. The number of hydrogen-bond donors (Lipinski definition) is 0. The smallest absolute Gasteiger partial charge is 0.122 e. The summed E-state index contributed by atoms with van der Waals surface area (Å²) in [7, 11) is 2.02. The Morgan fingerprint density at radius 3 is 2.89 bits per heavy atom. The van der Waals surface area contributed by atoms with Gasteiger partial charge < -0.3 is 9.30 Å². The predicted octanol–water partition coefficient (Wildman–Crippen LogP) is 3.18. The molecule has 19 heavy (non-hydrogen) atoms. The summed E-state index contributed by atoms with van der Waals surface area (Å²) in [5.41, 5.74) is 5.98. The van der Waals surface area contributed by atoms with Crippen molar-refractivity contribution >= 4 is 11.0 Å². The normalized spacial score (nSPS) is 13.5. The van der Waals surface area contributed by atoms with E-state index >= 15 is 0 Å². The van der Waals surface area contributed by atoms with Crippen LogP contribution >= 0.6 is 0 Å². The zero-order valence-electron chi connectivity index (χ0n) is 10.8. The van der Waals surface area contributed by atoms with Gasteiger partial charge in [0.15, 0.2) is 0 Å². The topological polar surface area (TPSA) is 27.1 Å². The number of fused-ring (bicyclic) bond motifs is 2. The zero-order valence-corrected chi connectivity index (χ0v) is 10.8. The third-order valence-corrected chi connectivity index (χ3v) is 3.75. The van der Waals surface area contributed by atoms with Crippen molar-refractivity contribution in [1.29, 1.82) is 0 Å². The molecule has 94 valence electrons. The molecule has 0 bridgehead atoms. The van der Waals surface area contributed by atoms with Crippen LogP contribution in [0.15, 0.2) is 42.7 Å². The van der Waals surface area contributed by atoms with Crippen LogP contribution in [0.5, 0.6) is 5.75 Å². The minimum Gasteiger partial charge on any atom is -0.493 e. The van der Waals surface area contributed by atoms with Crippen LogP contribution in [0.1, 0.15) is 5.56 Å². The van der Waals surface area contributed by atoms with E-state index in [1.807, 2.05) is 13.4 Å². The first-order chi connectivity index (χ1) is 9.31. The molecule has 1 aliphatic heterocycles. The van der Waals surface area contributed by atoms with Gasteiger partial charge in [0.05, 0.1) is 24.0 Å². The van der Waals surface area contributed by atoms with Gasteiger partial charge in [0, 0.05) is 13.5 Å². The number of rotatable bonds is 1. The maximum Gasteiger partial charge on any atom is 0.122 e. The molecule has 0 saturated heterocycles. The van der Waals surface area contributed by atoms with Gasteiger partial charge in [-0.1, -0.05) is 12.1 Å². The Bertz CT molecular complexity index is 774. The van der Waals surface area contributed by atoms with Gasteiger partial charge in [0.2, 0.25) is 0 Å². The van der Waals surface area contributed by atoms with Gasteiger partial charge in [-0.2, -0.15) is 0 Å². The van der Waals surface area contributed by atoms with E-state index in [9.17, 15) is 0 Å². The van der Waals surface area contributed by atoms with E-state index in [0.717, 1.165) is 29.8 Å². The summed E-state index contributed by atoms with van der Waals surface area (Å²) in [6.07, 6.45) is 2.86. The molecule has 0 spiro atoms. The second-order valence-corrected chi connectivity index (χ2v) is 4.98. The SMILES string of the molecule is Cn1cnc2ccc(-c3ccc4c(c3)CCO4)cc21. The lowest BCUT2D eigenvalue weighted by Gasteiger charge is -2.05. The summed E-state index contributed by atoms with van der Waals surface area (Å²) in [5, 5.41) is 0. The van der Waals surface area contributed by atoms with Crippen LogP contribution in [0.25, 0.3) is 22.2 Å². The van der Waals surface area contributed by atoms with Gasteiger partial charge in [-0.3, -0.25) is 0 Å². The monoisotopic (exact) mass is 250 g/mol. The Morgan fingerprint density at radius 1 is 1.11 bits per heavy atom. The van der Waals surface area contributed by atoms with E-state index in [0.29, 0.717) is 0 Å². The number of imidazole rings is 1. The number of benzene rings is 2. The molecule has 3 heteroatoms. The Labute approximate surface area is 111 Å². The molecule has 0 amide bonds. The molecule has 3 nitrogen and oxygen atoms in total. The lowest BCUT2D eigenvalue weighted by atomic mass is 10.0. The quantitative estimate of drug-likeness (QED) is 0.663. The van der Waals surface area contributed by atoms with Crippen molar-refractivity contribution in [3.8, 4) is 16.9 Å². The summed E-state index contributed by atoms with van der Waals surface area (Å²) >= 11 is 0. The fraction of sp³-hybridized carbons (Fsp3) is 0.188. The fourth-order valence-corrected chi connectivity index (χ4v) is 2.67. The van der Waals surface area contributed by atoms with Crippen LogP contribution in [-0.4, -0.2) is 16.2 Å². The van der Waals surface area contributed by atoms with E-state index in [-0.39, 0.29) is 0 Å². The Balaban J connectivity index is 1.87. The second-order valence-electron chi connectivity index (χ2n) is 4.98. The maximum absolute atomic E-state index is 5.55. The van der Waals surface area contributed by atoms with Gasteiger partial charge >= 0.3 is 0 Å². The number of ether oxygens (including phenoxy) is 1.